The maximum atomic E-state index is 11.5. The van der Waals surface area contributed by atoms with Crippen LogP contribution < -0.4 is 5.32 Å². The maximum Gasteiger partial charge on any atom is 0.329 e. The number of thiol groups is 1. The van der Waals surface area contributed by atoms with Crippen LogP contribution >= 0.6 is 12.6 Å². The lowest BCUT2D eigenvalue weighted by Crippen LogP contribution is -2.43. The summed E-state index contributed by atoms with van der Waals surface area (Å²) < 4.78 is 5.16. The van der Waals surface area contributed by atoms with Crippen molar-refractivity contribution in [2.24, 2.45) is 5.92 Å². The third kappa shape index (κ3) is 5.67. The molecule has 0 aromatic rings. The smallest absolute Gasteiger partial charge is 0.329 e. The van der Waals surface area contributed by atoms with Crippen molar-refractivity contribution in [1.29, 1.82) is 0 Å². The van der Waals surface area contributed by atoms with Crippen molar-refractivity contribution in [3.05, 3.63) is 0 Å². The Balaban J connectivity index is 4.21. The summed E-state index contributed by atoms with van der Waals surface area (Å²) in [6.45, 7) is 7.11. The lowest BCUT2D eigenvalue weighted by Gasteiger charge is -2.20. The minimum Gasteiger partial charge on any atom is -0.461 e. The van der Waals surface area contributed by atoms with E-state index in [4.69, 9.17) is 4.74 Å². The number of amides is 1. The minimum atomic E-state index is -0.660. The van der Waals surface area contributed by atoms with Crippen molar-refractivity contribution in [3.63, 3.8) is 0 Å². The molecule has 2 unspecified atom stereocenters. The van der Waals surface area contributed by atoms with Gasteiger partial charge in [0.25, 0.3) is 0 Å². The first-order valence-corrected chi connectivity index (χ1v) is 5.60. The fraction of sp³-hybridized carbons (Fsp3) is 0.800. The third-order valence-corrected chi connectivity index (χ3v) is 2.45. The second-order valence-electron chi connectivity index (χ2n) is 3.82. The number of ether oxygens (including phenoxy) is 1. The average molecular weight is 233 g/mol. The Morgan fingerprint density at radius 3 is 2.20 bits per heavy atom. The van der Waals surface area contributed by atoms with E-state index in [2.05, 4.69) is 17.9 Å². The lowest BCUT2D eigenvalue weighted by atomic mass is 10.1. The van der Waals surface area contributed by atoms with Gasteiger partial charge in [-0.2, -0.15) is 12.6 Å². The van der Waals surface area contributed by atoms with Crippen LogP contribution in [0.1, 0.15) is 27.7 Å². The number of nitrogens with one attached hydrogen (secondary N) is 1. The number of rotatable bonds is 5. The van der Waals surface area contributed by atoms with Gasteiger partial charge in [0.1, 0.15) is 12.1 Å². The van der Waals surface area contributed by atoms with E-state index in [1.807, 2.05) is 20.8 Å². The van der Waals surface area contributed by atoms with Crippen LogP contribution in [0.2, 0.25) is 0 Å². The van der Waals surface area contributed by atoms with Gasteiger partial charge < -0.3 is 10.1 Å². The molecule has 0 heterocycles. The molecule has 0 aliphatic carbocycles. The second kappa shape index (κ2) is 6.71. The summed E-state index contributed by atoms with van der Waals surface area (Å²) in [5, 5.41) is 2.48. The summed E-state index contributed by atoms with van der Waals surface area (Å²) >= 11 is 3.99. The topological polar surface area (TPSA) is 55.4 Å². The van der Waals surface area contributed by atoms with E-state index in [-0.39, 0.29) is 23.7 Å². The van der Waals surface area contributed by atoms with Gasteiger partial charge in [-0.15, -0.1) is 0 Å². The van der Waals surface area contributed by atoms with Crippen molar-refractivity contribution in [3.8, 4) is 0 Å². The monoisotopic (exact) mass is 233 g/mol. The second-order valence-corrected chi connectivity index (χ2v) is 4.19. The Labute approximate surface area is 96.2 Å². The molecule has 2 atom stereocenters. The molecule has 0 aromatic heterocycles. The lowest BCUT2D eigenvalue weighted by molar-refractivity contribution is -0.153. The molecule has 0 rings (SSSR count). The van der Waals surface area contributed by atoms with E-state index >= 15 is 0 Å². The molecule has 0 fully saturated rings. The molecule has 0 saturated heterocycles. The van der Waals surface area contributed by atoms with Gasteiger partial charge in [0.05, 0.1) is 0 Å². The Bertz CT molecular complexity index is 231. The summed E-state index contributed by atoms with van der Waals surface area (Å²) in [4.78, 5) is 22.3. The van der Waals surface area contributed by atoms with Crippen molar-refractivity contribution >= 4 is 24.5 Å². The van der Waals surface area contributed by atoms with Crippen LogP contribution in [0.3, 0.4) is 0 Å². The van der Waals surface area contributed by atoms with Crippen LogP contribution in [-0.4, -0.2) is 29.8 Å². The largest absolute Gasteiger partial charge is 0.461 e. The number of carbonyl (C=O) groups is 2. The van der Waals surface area contributed by atoms with E-state index in [0.717, 1.165) is 0 Å². The highest BCUT2D eigenvalue weighted by atomic mass is 32.1. The quantitative estimate of drug-likeness (QED) is 0.550. The van der Waals surface area contributed by atoms with Gasteiger partial charge >= 0.3 is 5.97 Å². The Morgan fingerprint density at radius 1 is 1.33 bits per heavy atom. The normalized spacial score (nSPS) is 14.5. The molecule has 0 aliphatic rings. The SMILES string of the molecule is CC(=O)NC(CS)C(=O)OC(C)C(C)C. The van der Waals surface area contributed by atoms with E-state index in [1.54, 1.807) is 0 Å². The van der Waals surface area contributed by atoms with Crippen molar-refractivity contribution in [2.75, 3.05) is 5.75 Å². The highest BCUT2D eigenvalue weighted by Crippen LogP contribution is 2.07. The van der Waals surface area contributed by atoms with Gasteiger partial charge in [0.2, 0.25) is 5.91 Å². The molecular formula is C10H19NO3S. The fourth-order valence-corrected chi connectivity index (χ4v) is 1.07. The molecule has 0 aliphatic heterocycles. The van der Waals surface area contributed by atoms with Crippen LogP contribution in [0.4, 0.5) is 0 Å². The molecule has 0 bridgehead atoms. The molecule has 0 spiro atoms. The first-order valence-electron chi connectivity index (χ1n) is 4.97. The van der Waals surface area contributed by atoms with Crippen molar-refractivity contribution < 1.29 is 14.3 Å². The van der Waals surface area contributed by atoms with Gasteiger partial charge in [-0.1, -0.05) is 13.8 Å². The molecule has 88 valence electrons. The predicted molar refractivity (Wildman–Crippen MR) is 61.8 cm³/mol. The Hall–Kier alpha value is -0.710. The number of esters is 1. The van der Waals surface area contributed by atoms with Gasteiger partial charge in [0, 0.05) is 12.7 Å². The maximum absolute atomic E-state index is 11.5. The summed E-state index contributed by atoms with van der Waals surface area (Å²) in [7, 11) is 0. The van der Waals surface area contributed by atoms with Crippen molar-refractivity contribution in [1.82, 2.24) is 5.32 Å². The van der Waals surface area contributed by atoms with Crippen LogP contribution in [0.5, 0.6) is 0 Å². The molecule has 1 amide bonds. The van der Waals surface area contributed by atoms with Gasteiger partial charge in [-0.05, 0) is 12.8 Å². The summed E-state index contributed by atoms with van der Waals surface area (Å²) in [5.74, 6) is -0.195. The zero-order valence-electron chi connectivity index (χ0n) is 9.61. The van der Waals surface area contributed by atoms with Gasteiger partial charge in [0.15, 0.2) is 0 Å². The zero-order chi connectivity index (χ0) is 12.0. The van der Waals surface area contributed by atoms with E-state index in [1.165, 1.54) is 6.92 Å². The molecular weight excluding hydrogens is 214 g/mol. The highest BCUT2D eigenvalue weighted by molar-refractivity contribution is 7.80. The minimum absolute atomic E-state index is 0.159. The van der Waals surface area contributed by atoms with E-state index in [9.17, 15) is 9.59 Å². The van der Waals surface area contributed by atoms with Crippen LogP contribution in [0.25, 0.3) is 0 Å². The third-order valence-electron chi connectivity index (χ3n) is 2.09. The molecule has 15 heavy (non-hydrogen) atoms. The van der Waals surface area contributed by atoms with E-state index < -0.39 is 12.0 Å². The van der Waals surface area contributed by atoms with Crippen LogP contribution in [-0.2, 0) is 14.3 Å². The Kier molecular flexibility index (Phi) is 6.40. The first-order chi connectivity index (χ1) is 6.88. The summed E-state index contributed by atoms with van der Waals surface area (Å²) in [6.07, 6.45) is -0.159. The summed E-state index contributed by atoms with van der Waals surface area (Å²) in [6, 6.07) is -0.660. The van der Waals surface area contributed by atoms with Gasteiger partial charge in [-0.25, -0.2) is 4.79 Å². The zero-order valence-corrected chi connectivity index (χ0v) is 10.5. The molecule has 0 radical (unpaired) electrons. The first kappa shape index (κ1) is 14.3. The summed E-state index contributed by atoms with van der Waals surface area (Å²) in [5.41, 5.74) is 0. The highest BCUT2D eigenvalue weighted by Gasteiger charge is 2.22. The average Bonchev–Trinajstić information content (AvgIpc) is 2.13. The van der Waals surface area contributed by atoms with Crippen LogP contribution in [0, 0.1) is 5.92 Å². The van der Waals surface area contributed by atoms with Gasteiger partial charge in [-0.3, -0.25) is 4.79 Å². The standard InChI is InChI=1S/C10H19NO3S/c1-6(2)7(3)14-10(13)9(5-15)11-8(4)12/h6-7,9,15H,5H2,1-4H3,(H,11,12). The van der Waals surface area contributed by atoms with E-state index in [0.29, 0.717) is 0 Å². The molecule has 0 saturated carbocycles. The molecule has 4 nitrogen and oxygen atoms in total. The molecule has 0 aromatic carbocycles. The molecule has 5 heteroatoms. The van der Waals surface area contributed by atoms with Crippen molar-refractivity contribution in [2.45, 2.75) is 39.8 Å². The predicted octanol–water partition coefficient (Wildman–Crippen LogP) is 1.01. The number of hydrogen-bond donors (Lipinski definition) is 2. The molecule has 1 N–H and O–H groups in total. The number of hydrogen-bond acceptors (Lipinski definition) is 4. The fourth-order valence-electron chi connectivity index (χ4n) is 0.826. The number of carbonyl (C=O) groups excluding carboxylic acids is 2. The Morgan fingerprint density at radius 2 is 1.87 bits per heavy atom. The van der Waals surface area contributed by atoms with Crippen LogP contribution in [0.15, 0.2) is 0 Å².